The highest BCUT2D eigenvalue weighted by Crippen LogP contribution is 2.38. The molecule has 2 heteroatoms. The average Bonchev–Trinajstić information content (AvgIpc) is 2.63. The molecular weight excluding hydrogens is 248 g/mol. The molecule has 2 aliphatic carbocycles. The Kier molecular flexibility index (Phi) is 2.99. The number of hydrogen-bond donors (Lipinski definition) is 1. The van der Waals surface area contributed by atoms with Crippen LogP contribution in [-0.2, 0) is 0 Å². The molecule has 20 heavy (non-hydrogen) atoms. The highest BCUT2D eigenvalue weighted by Gasteiger charge is 2.22. The average molecular weight is 262 g/mol. The molecule has 0 heterocycles. The molecule has 0 spiro atoms. The Hall–Kier alpha value is -2.61. The Morgan fingerprint density at radius 1 is 0.850 bits per heavy atom. The van der Waals surface area contributed by atoms with Crippen molar-refractivity contribution in [2.75, 3.05) is 0 Å². The van der Waals surface area contributed by atoms with Crippen molar-refractivity contribution >= 4 is 5.97 Å². The van der Waals surface area contributed by atoms with E-state index >= 15 is 0 Å². The number of carbonyl (C=O) groups is 1. The van der Waals surface area contributed by atoms with E-state index in [1.54, 1.807) is 0 Å². The van der Waals surface area contributed by atoms with Crippen LogP contribution in [0.15, 0.2) is 60.7 Å². The molecule has 0 aromatic heterocycles. The van der Waals surface area contributed by atoms with Gasteiger partial charge in [-0.05, 0) is 40.8 Å². The summed E-state index contributed by atoms with van der Waals surface area (Å²) in [5.41, 5.74) is 4.95. The zero-order valence-electron chi connectivity index (χ0n) is 11.1. The predicted octanol–water partition coefficient (Wildman–Crippen LogP) is 4.47. The Labute approximate surface area is 117 Å². The quantitative estimate of drug-likeness (QED) is 0.740. The SMILES string of the molecule is Cc1ccccc1-c1cc2cccccc-2c1C(=O)O. The molecule has 2 aliphatic rings. The molecule has 1 aromatic rings. The Bertz CT molecular complexity index is 759. The van der Waals surface area contributed by atoms with E-state index in [1.807, 2.05) is 67.6 Å². The molecule has 0 atom stereocenters. The van der Waals surface area contributed by atoms with Gasteiger partial charge in [0.15, 0.2) is 0 Å². The van der Waals surface area contributed by atoms with Crippen molar-refractivity contribution in [1.29, 1.82) is 0 Å². The maximum Gasteiger partial charge on any atom is 0.336 e. The number of hydrogen-bond acceptors (Lipinski definition) is 1. The van der Waals surface area contributed by atoms with Gasteiger partial charge in [-0.3, -0.25) is 0 Å². The molecule has 0 saturated heterocycles. The van der Waals surface area contributed by atoms with E-state index in [2.05, 4.69) is 0 Å². The van der Waals surface area contributed by atoms with Gasteiger partial charge in [0.2, 0.25) is 0 Å². The minimum absolute atomic E-state index is 0.380. The topological polar surface area (TPSA) is 37.3 Å². The van der Waals surface area contributed by atoms with E-state index in [9.17, 15) is 9.90 Å². The molecular formula is C18H14O2. The molecule has 0 unspecified atom stereocenters. The number of aromatic carboxylic acids is 1. The minimum Gasteiger partial charge on any atom is -0.478 e. The van der Waals surface area contributed by atoms with Gasteiger partial charge in [-0.1, -0.05) is 54.6 Å². The second-order valence-electron chi connectivity index (χ2n) is 4.83. The second-order valence-corrected chi connectivity index (χ2v) is 4.83. The first-order valence-corrected chi connectivity index (χ1v) is 6.49. The van der Waals surface area contributed by atoms with Crippen LogP contribution in [0.5, 0.6) is 0 Å². The summed E-state index contributed by atoms with van der Waals surface area (Å²) in [4.78, 5) is 11.7. The summed E-state index contributed by atoms with van der Waals surface area (Å²) in [6.45, 7) is 2.00. The van der Waals surface area contributed by atoms with E-state index in [1.165, 1.54) is 0 Å². The van der Waals surface area contributed by atoms with Gasteiger partial charge < -0.3 is 5.11 Å². The summed E-state index contributed by atoms with van der Waals surface area (Å²) in [6, 6.07) is 19.3. The van der Waals surface area contributed by atoms with E-state index in [0.29, 0.717) is 5.56 Å². The second kappa shape index (κ2) is 4.82. The first-order valence-electron chi connectivity index (χ1n) is 6.49. The lowest BCUT2D eigenvalue weighted by Gasteiger charge is -2.05. The maximum absolute atomic E-state index is 11.7. The highest BCUT2D eigenvalue weighted by atomic mass is 16.4. The number of aryl methyl sites for hydroxylation is 1. The van der Waals surface area contributed by atoms with Gasteiger partial charge in [0.1, 0.15) is 0 Å². The van der Waals surface area contributed by atoms with Crippen molar-refractivity contribution in [3.8, 4) is 22.3 Å². The summed E-state index contributed by atoms with van der Waals surface area (Å²) >= 11 is 0. The first-order chi connectivity index (χ1) is 9.68. The van der Waals surface area contributed by atoms with Crippen molar-refractivity contribution in [2.24, 2.45) is 0 Å². The molecule has 1 N–H and O–H groups in total. The zero-order chi connectivity index (χ0) is 14.1. The fraction of sp³-hybridized carbons (Fsp3) is 0.0556. The van der Waals surface area contributed by atoms with Crippen molar-refractivity contribution in [1.82, 2.24) is 0 Å². The van der Waals surface area contributed by atoms with Crippen LogP contribution in [-0.4, -0.2) is 11.1 Å². The van der Waals surface area contributed by atoms with Crippen molar-refractivity contribution < 1.29 is 9.90 Å². The lowest BCUT2D eigenvalue weighted by molar-refractivity contribution is 0.0699. The monoisotopic (exact) mass is 262 g/mol. The van der Waals surface area contributed by atoms with Gasteiger partial charge >= 0.3 is 5.97 Å². The maximum atomic E-state index is 11.7. The number of fused-ring (bicyclic) bond motifs is 1. The largest absolute Gasteiger partial charge is 0.478 e. The third-order valence-electron chi connectivity index (χ3n) is 3.56. The molecule has 2 nitrogen and oxygen atoms in total. The summed E-state index contributed by atoms with van der Waals surface area (Å²) in [5.74, 6) is -0.885. The minimum atomic E-state index is -0.885. The third-order valence-corrected chi connectivity index (χ3v) is 3.56. The van der Waals surface area contributed by atoms with Crippen LogP contribution in [0.3, 0.4) is 0 Å². The fourth-order valence-corrected chi connectivity index (χ4v) is 2.61. The molecule has 0 bridgehead atoms. The molecule has 0 saturated carbocycles. The molecule has 0 fully saturated rings. The van der Waals surface area contributed by atoms with E-state index < -0.39 is 5.97 Å². The predicted molar refractivity (Wildman–Crippen MR) is 80.2 cm³/mol. The summed E-state index contributed by atoms with van der Waals surface area (Å²) in [5, 5.41) is 9.59. The van der Waals surface area contributed by atoms with Gasteiger partial charge in [0.25, 0.3) is 0 Å². The van der Waals surface area contributed by atoms with Crippen molar-refractivity contribution in [2.45, 2.75) is 6.92 Å². The van der Waals surface area contributed by atoms with Gasteiger partial charge in [0, 0.05) is 0 Å². The number of rotatable bonds is 2. The summed E-state index contributed by atoms with van der Waals surface area (Å²) in [6.07, 6.45) is 0. The van der Waals surface area contributed by atoms with Crippen LogP contribution >= 0.6 is 0 Å². The zero-order valence-corrected chi connectivity index (χ0v) is 11.1. The fourth-order valence-electron chi connectivity index (χ4n) is 2.61. The van der Waals surface area contributed by atoms with Gasteiger partial charge in [-0.25, -0.2) is 4.79 Å². The van der Waals surface area contributed by atoms with Crippen LogP contribution in [0.2, 0.25) is 0 Å². The van der Waals surface area contributed by atoms with E-state index in [-0.39, 0.29) is 0 Å². The van der Waals surface area contributed by atoms with Gasteiger partial charge in [-0.15, -0.1) is 0 Å². The molecule has 1 aromatic carbocycles. The first kappa shape index (κ1) is 12.4. The smallest absolute Gasteiger partial charge is 0.336 e. The Balaban J connectivity index is 2.37. The van der Waals surface area contributed by atoms with E-state index in [0.717, 1.165) is 27.8 Å². The van der Waals surface area contributed by atoms with Gasteiger partial charge in [-0.2, -0.15) is 0 Å². The highest BCUT2D eigenvalue weighted by molar-refractivity contribution is 6.06. The van der Waals surface area contributed by atoms with Crippen LogP contribution in [0, 0.1) is 6.92 Å². The van der Waals surface area contributed by atoms with E-state index in [4.69, 9.17) is 0 Å². The molecule has 98 valence electrons. The lowest BCUT2D eigenvalue weighted by atomic mass is 9.99. The summed E-state index contributed by atoms with van der Waals surface area (Å²) in [7, 11) is 0. The Morgan fingerprint density at radius 3 is 2.25 bits per heavy atom. The van der Waals surface area contributed by atoms with Crippen molar-refractivity contribution in [3.63, 3.8) is 0 Å². The lowest BCUT2D eigenvalue weighted by Crippen LogP contribution is -1.98. The molecule has 0 radical (unpaired) electrons. The normalized spacial score (nSPS) is 10.7. The van der Waals surface area contributed by atoms with Crippen molar-refractivity contribution in [3.05, 3.63) is 71.8 Å². The Morgan fingerprint density at radius 2 is 1.50 bits per heavy atom. The van der Waals surface area contributed by atoms with Crippen LogP contribution < -0.4 is 0 Å². The van der Waals surface area contributed by atoms with Crippen LogP contribution in [0.1, 0.15) is 15.9 Å². The number of benzene rings is 1. The van der Waals surface area contributed by atoms with Crippen LogP contribution in [0.4, 0.5) is 0 Å². The number of carboxylic acids is 1. The molecule has 3 rings (SSSR count). The van der Waals surface area contributed by atoms with Gasteiger partial charge in [0.05, 0.1) is 5.56 Å². The van der Waals surface area contributed by atoms with Crippen LogP contribution in [0.25, 0.3) is 22.3 Å². The molecule has 0 amide bonds. The molecule has 0 aliphatic heterocycles. The number of carboxylic acid groups (broad SMARTS) is 1. The summed E-state index contributed by atoms with van der Waals surface area (Å²) < 4.78 is 0. The standard InChI is InChI=1S/C18H14O2/c1-12-7-5-6-9-14(12)16-11-13-8-3-2-4-10-15(13)17(16)18(19)20/h2-11H,1H3,(H,19,20). The third kappa shape index (κ3) is 1.95.